The third kappa shape index (κ3) is 4.78. The van der Waals surface area contributed by atoms with Crippen molar-refractivity contribution in [1.82, 2.24) is 4.98 Å². The molecular formula is C29H28N2O4. The summed E-state index contributed by atoms with van der Waals surface area (Å²) in [6.07, 6.45) is 5.44. The van der Waals surface area contributed by atoms with Gasteiger partial charge >= 0.3 is 0 Å². The summed E-state index contributed by atoms with van der Waals surface area (Å²) >= 11 is 0. The van der Waals surface area contributed by atoms with Gasteiger partial charge in [-0.3, -0.25) is 9.78 Å². The first kappa shape index (κ1) is 22.7. The zero-order chi connectivity index (χ0) is 24.2. The molecule has 0 atom stereocenters. The summed E-state index contributed by atoms with van der Waals surface area (Å²) in [6, 6.07) is 20.6. The van der Waals surface area contributed by atoms with Crippen LogP contribution in [0.3, 0.4) is 0 Å². The maximum Gasteiger partial charge on any atom is 0.193 e. The molecule has 1 aliphatic rings. The van der Waals surface area contributed by atoms with Crippen LogP contribution in [-0.2, 0) is 0 Å². The number of fused-ring (bicyclic) bond motifs is 1. The fraction of sp³-hybridized carbons (Fsp3) is 0.241. The van der Waals surface area contributed by atoms with Gasteiger partial charge in [0.05, 0.1) is 19.7 Å². The third-order valence-electron chi connectivity index (χ3n) is 6.40. The lowest BCUT2D eigenvalue weighted by atomic mass is 10.0. The predicted octanol–water partition coefficient (Wildman–Crippen LogP) is 6.27. The minimum atomic E-state index is -0.00654. The number of ketones is 1. The van der Waals surface area contributed by atoms with Crippen LogP contribution >= 0.6 is 0 Å². The fourth-order valence-electron chi connectivity index (χ4n) is 4.48. The van der Waals surface area contributed by atoms with Gasteiger partial charge in [0.2, 0.25) is 0 Å². The van der Waals surface area contributed by atoms with E-state index in [2.05, 4.69) is 9.88 Å². The fourth-order valence-corrected chi connectivity index (χ4v) is 4.48. The first-order valence-electron chi connectivity index (χ1n) is 11.8. The van der Waals surface area contributed by atoms with Gasteiger partial charge in [0.15, 0.2) is 17.3 Å². The number of anilines is 1. The number of ether oxygens (including phenoxy) is 3. The number of pyridine rings is 1. The molecule has 178 valence electrons. The highest BCUT2D eigenvalue weighted by atomic mass is 16.5. The van der Waals surface area contributed by atoms with E-state index in [0.717, 1.165) is 24.0 Å². The molecule has 1 aromatic heterocycles. The maximum absolute atomic E-state index is 13.0. The molecule has 4 aromatic rings. The highest BCUT2D eigenvalue weighted by Gasteiger charge is 2.14. The third-order valence-corrected chi connectivity index (χ3v) is 6.40. The van der Waals surface area contributed by atoms with Gasteiger partial charge in [-0.25, -0.2) is 0 Å². The number of piperidine rings is 1. The molecule has 0 unspecified atom stereocenters. The first-order valence-corrected chi connectivity index (χ1v) is 11.8. The first-order chi connectivity index (χ1) is 17.2. The van der Waals surface area contributed by atoms with Crippen molar-refractivity contribution in [1.29, 1.82) is 0 Å². The monoisotopic (exact) mass is 468 g/mol. The number of carbonyl (C=O) groups is 1. The molecule has 1 saturated heterocycles. The number of nitrogens with zero attached hydrogens (tertiary/aromatic N) is 2. The molecule has 1 aliphatic heterocycles. The Hall–Kier alpha value is -4.06. The van der Waals surface area contributed by atoms with Crippen LogP contribution < -0.4 is 19.1 Å². The van der Waals surface area contributed by atoms with E-state index in [0.29, 0.717) is 34.1 Å². The molecule has 5 rings (SSSR count). The molecule has 0 amide bonds. The molecule has 35 heavy (non-hydrogen) atoms. The van der Waals surface area contributed by atoms with Crippen LogP contribution in [0.2, 0.25) is 0 Å². The van der Waals surface area contributed by atoms with Gasteiger partial charge in [0, 0.05) is 47.6 Å². The SMILES string of the molecule is COc1cc2nccc(Oc3ccc(C(=O)c4ccc(N5CCCCC5)cc4)cc3)c2cc1OC. The summed E-state index contributed by atoms with van der Waals surface area (Å²) in [4.78, 5) is 19.8. The molecule has 1 fully saturated rings. The van der Waals surface area contributed by atoms with Crippen LogP contribution in [0.4, 0.5) is 5.69 Å². The van der Waals surface area contributed by atoms with Crippen LogP contribution in [0.25, 0.3) is 10.9 Å². The minimum Gasteiger partial charge on any atom is -0.493 e. The smallest absolute Gasteiger partial charge is 0.193 e. The van der Waals surface area contributed by atoms with Crippen LogP contribution in [0.15, 0.2) is 72.9 Å². The van der Waals surface area contributed by atoms with E-state index in [1.807, 2.05) is 48.5 Å². The highest BCUT2D eigenvalue weighted by Crippen LogP contribution is 2.37. The van der Waals surface area contributed by atoms with Crippen LogP contribution in [0, 0.1) is 0 Å². The predicted molar refractivity (Wildman–Crippen MR) is 137 cm³/mol. The van der Waals surface area contributed by atoms with E-state index < -0.39 is 0 Å². The Morgan fingerprint density at radius 2 is 1.40 bits per heavy atom. The van der Waals surface area contributed by atoms with Crippen molar-refractivity contribution in [2.24, 2.45) is 0 Å². The van der Waals surface area contributed by atoms with Crippen LogP contribution in [-0.4, -0.2) is 38.1 Å². The molecule has 2 heterocycles. The average molecular weight is 469 g/mol. The average Bonchev–Trinajstić information content (AvgIpc) is 2.93. The Bertz CT molecular complexity index is 1330. The second-order valence-electron chi connectivity index (χ2n) is 8.58. The summed E-state index contributed by atoms with van der Waals surface area (Å²) in [7, 11) is 3.19. The van der Waals surface area contributed by atoms with Crippen molar-refractivity contribution < 1.29 is 19.0 Å². The van der Waals surface area contributed by atoms with Gasteiger partial charge < -0.3 is 19.1 Å². The molecule has 0 N–H and O–H groups in total. The van der Waals surface area contributed by atoms with E-state index in [9.17, 15) is 4.79 Å². The largest absolute Gasteiger partial charge is 0.493 e. The number of carbonyl (C=O) groups excluding carboxylic acids is 1. The van der Waals surface area contributed by atoms with E-state index >= 15 is 0 Å². The number of benzene rings is 3. The van der Waals surface area contributed by atoms with Gasteiger partial charge in [-0.05, 0) is 79.9 Å². The van der Waals surface area contributed by atoms with Gasteiger partial charge in [-0.1, -0.05) is 0 Å². The summed E-state index contributed by atoms with van der Waals surface area (Å²) in [5.74, 6) is 2.47. The number of aromatic nitrogens is 1. The minimum absolute atomic E-state index is 0.00654. The standard InChI is InChI=1S/C29H28N2O4/c1-33-27-18-24-25(19-28(27)34-2)30-15-14-26(24)35-23-12-8-21(9-13-23)29(32)20-6-10-22(11-7-20)31-16-4-3-5-17-31/h6-15,18-19H,3-5,16-17H2,1-2H3. The van der Waals surface area contributed by atoms with Gasteiger partial charge in [0.1, 0.15) is 11.5 Å². The number of rotatable bonds is 7. The summed E-state index contributed by atoms with van der Waals surface area (Å²) < 4.78 is 16.9. The van der Waals surface area contributed by atoms with Crippen molar-refractivity contribution in [2.75, 3.05) is 32.2 Å². The van der Waals surface area contributed by atoms with Crippen molar-refractivity contribution >= 4 is 22.4 Å². The van der Waals surface area contributed by atoms with Crippen molar-refractivity contribution in [3.63, 3.8) is 0 Å². The Morgan fingerprint density at radius 3 is 2.06 bits per heavy atom. The lowest BCUT2D eigenvalue weighted by Crippen LogP contribution is -2.29. The molecule has 6 heteroatoms. The van der Waals surface area contributed by atoms with E-state index in [4.69, 9.17) is 14.2 Å². The molecule has 0 spiro atoms. The Kier molecular flexibility index (Phi) is 6.53. The second-order valence-corrected chi connectivity index (χ2v) is 8.58. The highest BCUT2D eigenvalue weighted by molar-refractivity contribution is 6.09. The molecule has 3 aromatic carbocycles. The van der Waals surface area contributed by atoms with E-state index in [-0.39, 0.29) is 5.78 Å². The normalized spacial score (nSPS) is 13.5. The molecule has 0 bridgehead atoms. The number of methoxy groups -OCH3 is 2. The van der Waals surface area contributed by atoms with Gasteiger partial charge in [0.25, 0.3) is 0 Å². The van der Waals surface area contributed by atoms with E-state index in [1.165, 1.54) is 24.9 Å². The lowest BCUT2D eigenvalue weighted by Gasteiger charge is -2.28. The maximum atomic E-state index is 13.0. The molecule has 0 radical (unpaired) electrons. The zero-order valence-corrected chi connectivity index (χ0v) is 20.0. The number of hydrogen-bond acceptors (Lipinski definition) is 6. The van der Waals surface area contributed by atoms with Crippen molar-refractivity contribution in [2.45, 2.75) is 19.3 Å². The second kappa shape index (κ2) is 10.1. The van der Waals surface area contributed by atoms with Gasteiger partial charge in [-0.15, -0.1) is 0 Å². The Balaban J connectivity index is 1.33. The summed E-state index contributed by atoms with van der Waals surface area (Å²) in [5, 5.41) is 0.805. The quantitative estimate of drug-likeness (QED) is 0.298. The molecule has 6 nitrogen and oxygen atoms in total. The Morgan fingerprint density at radius 1 is 0.771 bits per heavy atom. The molecule has 0 saturated carbocycles. The van der Waals surface area contributed by atoms with Crippen LogP contribution in [0.5, 0.6) is 23.0 Å². The van der Waals surface area contributed by atoms with Crippen LogP contribution in [0.1, 0.15) is 35.2 Å². The summed E-state index contributed by atoms with van der Waals surface area (Å²) in [5.41, 5.74) is 3.22. The van der Waals surface area contributed by atoms with Crippen molar-refractivity contribution in [3.05, 3.63) is 84.1 Å². The molecular weight excluding hydrogens is 440 g/mol. The topological polar surface area (TPSA) is 60.9 Å². The number of hydrogen-bond donors (Lipinski definition) is 0. The Labute approximate surface area is 205 Å². The van der Waals surface area contributed by atoms with Crippen molar-refractivity contribution in [3.8, 4) is 23.0 Å². The van der Waals surface area contributed by atoms with Gasteiger partial charge in [-0.2, -0.15) is 0 Å². The summed E-state index contributed by atoms with van der Waals surface area (Å²) in [6.45, 7) is 2.17. The zero-order valence-electron chi connectivity index (χ0n) is 20.0. The van der Waals surface area contributed by atoms with E-state index in [1.54, 1.807) is 38.6 Å². The molecule has 0 aliphatic carbocycles. The lowest BCUT2D eigenvalue weighted by molar-refractivity contribution is 0.103.